The molecule has 432 valence electrons. The molecule has 6 fully saturated rings. The van der Waals surface area contributed by atoms with Crippen molar-refractivity contribution >= 4 is 47.8 Å². The number of esters is 8. The summed E-state index contributed by atoms with van der Waals surface area (Å²) in [7, 11) is 1.05. The smallest absolute Gasteiger partial charge is 0.339 e. The van der Waals surface area contributed by atoms with E-state index in [1.165, 1.54) is 13.8 Å². The lowest BCUT2D eigenvalue weighted by Crippen LogP contribution is -2.68. The Morgan fingerprint density at radius 3 is 1.69 bits per heavy atom. The first kappa shape index (κ1) is 60.0. The van der Waals surface area contributed by atoms with E-state index in [-0.39, 0.29) is 39.0 Å². The molecule has 0 unspecified atom stereocenters. The Labute approximate surface area is 452 Å². The second kappa shape index (κ2) is 22.5. The lowest BCUT2D eigenvalue weighted by atomic mass is 9.33. The molecule has 7 rings (SSSR count). The molecule has 0 spiro atoms. The minimum Gasteiger partial charge on any atom is -0.467 e. The molecular formula is C57H84O20. The first-order valence-electron chi connectivity index (χ1n) is 27.4. The Morgan fingerprint density at radius 1 is 0.558 bits per heavy atom. The van der Waals surface area contributed by atoms with Crippen LogP contribution in [0.15, 0.2) is 11.6 Å². The van der Waals surface area contributed by atoms with E-state index in [0.29, 0.717) is 24.9 Å². The van der Waals surface area contributed by atoms with Gasteiger partial charge < -0.3 is 56.8 Å². The highest BCUT2D eigenvalue weighted by atomic mass is 16.8. The Bertz CT molecular complexity index is 2330. The molecule has 77 heavy (non-hydrogen) atoms. The minimum absolute atomic E-state index is 0.0333. The molecule has 4 saturated carbocycles. The van der Waals surface area contributed by atoms with Gasteiger partial charge in [-0.25, -0.2) is 4.79 Å². The van der Waals surface area contributed by atoms with Crippen LogP contribution in [0.25, 0.3) is 0 Å². The van der Waals surface area contributed by atoms with Crippen LogP contribution < -0.4 is 0 Å². The van der Waals surface area contributed by atoms with Crippen LogP contribution in [0.5, 0.6) is 0 Å². The van der Waals surface area contributed by atoms with Crippen molar-refractivity contribution in [2.45, 2.75) is 229 Å². The van der Waals surface area contributed by atoms with Gasteiger partial charge in [-0.15, -0.1) is 0 Å². The summed E-state index contributed by atoms with van der Waals surface area (Å²) in [6.07, 6.45) is -5.24. The summed E-state index contributed by atoms with van der Waals surface area (Å²) >= 11 is 0. The van der Waals surface area contributed by atoms with Crippen molar-refractivity contribution in [3.05, 3.63) is 11.6 Å². The van der Waals surface area contributed by atoms with Gasteiger partial charge in [0.05, 0.1) is 19.8 Å². The molecule has 0 radical (unpaired) electrons. The fraction of sp³-hybridized carbons (Fsp3) is 0.825. The molecule has 0 N–H and O–H groups in total. The zero-order valence-electron chi connectivity index (χ0n) is 47.8. The first-order valence-corrected chi connectivity index (χ1v) is 27.4. The number of carbonyl (C=O) groups excluding carboxylic acids is 8. The van der Waals surface area contributed by atoms with E-state index < -0.39 is 121 Å². The van der Waals surface area contributed by atoms with Gasteiger partial charge >= 0.3 is 47.8 Å². The maximum atomic E-state index is 13.5. The third-order valence-corrected chi connectivity index (χ3v) is 19.6. The SMILES string of the molecule is COC(=O)[C@H]1O[C@@H](O[C@H]2[C@@H](O[C@H]3CC[C@]4(C)[C@H]5CC=C6[C@@H]7C[C@@](C)(COC(C)=O)CC[C@]7(C)CC[C@@]6(C)[C@]5(C)CC[C@H]4C3(C)C)O[C@H](COC(C)=O)[C@@H](OC(C)=O)[C@@H]2OC(C)=O)[C@H](OC(C)=O)[C@@H](OC(C)=O)[C@@H]1OC(C)=O. The van der Waals surface area contributed by atoms with Crippen molar-refractivity contribution in [2.24, 2.45) is 50.2 Å². The second-order valence-electron chi connectivity index (χ2n) is 25.0. The molecule has 0 aromatic carbocycles. The van der Waals surface area contributed by atoms with Gasteiger partial charge in [0.2, 0.25) is 6.29 Å². The third kappa shape index (κ3) is 11.7. The summed E-state index contributed by atoms with van der Waals surface area (Å²) in [5.41, 5.74) is 0.827. The Hall–Kier alpha value is -4.66. The van der Waals surface area contributed by atoms with E-state index in [1.54, 1.807) is 5.57 Å². The average Bonchev–Trinajstić information content (AvgIpc) is 3.53. The number of fused-ring (bicyclic) bond motifs is 7. The summed E-state index contributed by atoms with van der Waals surface area (Å²) in [5, 5.41) is 0. The molecule has 0 amide bonds. The molecule has 5 aliphatic carbocycles. The van der Waals surface area contributed by atoms with Gasteiger partial charge in [0.15, 0.2) is 49.0 Å². The number of hydrogen-bond donors (Lipinski definition) is 0. The zero-order chi connectivity index (χ0) is 57.0. The monoisotopic (exact) mass is 1090 g/mol. The topological polar surface area (TPSA) is 247 Å². The van der Waals surface area contributed by atoms with E-state index in [4.69, 9.17) is 56.8 Å². The van der Waals surface area contributed by atoms with Gasteiger partial charge in [-0.1, -0.05) is 60.1 Å². The molecule has 2 saturated heterocycles. The fourth-order valence-electron chi connectivity index (χ4n) is 15.7. The van der Waals surface area contributed by atoms with Crippen LogP contribution in [-0.4, -0.2) is 136 Å². The second-order valence-corrected chi connectivity index (χ2v) is 25.0. The summed E-state index contributed by atoms with van der Waals surface area (Å²) < 4.78 is 71.5. The summed E-state index contributed by atoms with van der Waals surface area (Å²) in [6.45, 7) is 24.6. The highest BCUT2D eigenvalue weighted by Crippen LogP contribution is 2.76. The molecule has 19 atom stereocenters. The summed E-state index contributed by atoms with van der Waals surface area (Å²) in [4.78, 5) is 102. The molecule has 2 heterocycles. The fourth-order valence-corrected chi connectivity index (χ4v) is 15.7. The minimum atomic E-state index is -1.92. The maximum absolute atomic E-state index is 13.5. The highest BCUT2D eigenvalue weighted by molar-refractivity contribution is 5.77. The Kier molecular flexibility index (Phi) is 17.5. The Balaban J connectivity index is 1.26. The largest absolute Gasteiger partial charge is 0.467 e. The van der Waals surface area contributed by atoms with Crippen LogP contribution in [0.3, 0.4) is 0 Å². The van der Waals surface area contributed by atoms with E-state index >= 15 is 0 Å². The lowest BCUT2D eigenvalue weighted by molar-refractivity contribution is -0.376. The number of hydrogen-bond acceptors (Lipinski definition) is 20. The molecule has 0 aromatic heterocycles. The average molecular weight is 1090 g/mol. The van der Waals surface area contributed by atoms with Crippen molar-refractivity contribution in [1.82, 2.24) is 0 Å². The van der Waals surface area contributed by atoms with E-state index in [0.717, 1.165) is 99.5 Å². The lowest BCUT2D eigenvalue weighted by Gasteiger charge is -2.71. The number of methoxy groups -OCH3 is 1. The highest BCUT2D eigenvalue weighted by Gasteiger charge is 2.69. The van der Waals surface area contributed by atoms with Crippen LogP contribution in [0, 0.1) is 50.2 Å². The molecule has 20 nitrogen and oxygen atoms in total. The third-order valence-electron chi connectivity index (χ3n) is 19.6. The predicted molar refractivity (Wildman–Crippen MR) is 269 cm³/mol. The molecule has 7 aliphatic rings. The maximum Gasteiger partial charge on any atom is 0.339 e. The van der Waals surface area contributed by atoms with Crippen molar-refractivity contribution in [3.8, 4) is 0 Å². The number of ether oxygens (including phenoxy) is 12. The van der Waals surface area contributed by atoms with Crippen molar-refractivity contribution < 1.29 is 95.2 Å². The first-order chi connectivity index (χ1) is 35.8. The predicted octanol–water partition coefficient (Wildman–Crippen LogP) is 6.97. The van der Waals surface area contributed by atoms with Crippen molar-refractivity contribution in [1.29, 1.82) is 0 Å². The summed E-state index contributed by atoms with van der Waals surface area (Å²) in [6, 6.07) is 0. The molecule has 20 heteroatoms. The van der Waals surface area contributed by atoms with E-state index in [9.17, 15) is 38.4 Å². The zero-order valence-corrected chi connectivity index (χ0v) is 47.8. The van der Waals surface area contributed by atoms with Gasteiger partial charge in [0.25, 0.3) is 0 Å². The Morgan fingerprint density at radius 2 is 1.10 bits per heavy atom. The molecule has 0 aromatic rings. The van der Waals surface area contributed by atoms with E-state index in [2.05, 4.69) is 54.5 Å². The molecule has 0 bridgehead atoms. The van der Waals surface area contributed by atoms with Crippen molar-refractivity contribution in [2.75, 3.05) is 20.3 Å². The van der Waals surface area contributed by atoms with Gasteiger partial charge in [-0.3, -0.25) is 33.6 Å². The van der Waals surface area contributed by atoms with Crippen LogP contribution in [0.1, 0.15) is 161 Å². The normalized spacial score (nSPS) is 41.9. The number of allylic oxidation sites excluding steroid dienone is 2. The van der Waals surface area contributed by atoms with Gasteiger partial charge in [-0.05, 0) is 109 Å². The van der Waals surface area contributed by atoms with Crippen LogP contribution in [-0.2, 0) is 95.2 Å². The van der Waals surface area contributed by atoms with Crippen LogP contribution >= 0.6 is 0 Å². The quantitative estimate of drug-likeness (QED) is 0.0737. The molecular weight excluding hydrogens is 1000 g/mol. The van der Waals surface area contributed by atoms with E-state index in [1.807, 2.05) is 0 Å². The molecule has 2 aliphatic heterocycles. The summed E-state index contributed by atoms with van der Waals surface area (Å²) in [5.74, 6) is -5.63. The number of carbonyl (C=O) groups is 8. The standard InChI is InChI=1S/C57H84O20/c1-29(58)67-27-38-42(69-31(3)60)43(70-32(4)61)48(77-51-47(73-35(7)64)45(72-34(6)63)44(71-33(5)62)46(76-51)49(65)66-15)50(74-38)75-41-19-20-55(12)39(52(41,8)9)18-21-57(14)40(55)17-16-36-37-26-53(10,28-68-30(2)59)22-23-54(37,11)24-25-56(36,57)13/h16,37-48,50-51H,17-28H2,1-15H3/t37-,38+,39-,40+,41-,42+,43-,44-,45-,46-,47+,48+,50+,51-,53-,54+,55-,56+,57+/m0/s1. The van der Waals surface area contributed by atoms with Gasteiger partial charge in [-0.2, -0.15) is 0 Å². The van der Waals surface area contributed by atoms with Gasteiger partial charge in [0, 0.05) is 53.9 Å². The van der Waals surface area contributed by atoms with Crippen LogP contribution in [0.4, 0.5) is 0 Å². The van der Waals surface area contributed by atoms with Gasteiger partial charge in [0.1, 0.15) is 12.7 Å². The van der Waals surface area contributed by atoms with Crippen molar-refractivity contribution in [3.63, 3.8) is 0 Å². The van der Waals surface area contributed by atoms with Crippen LogP contribution in [0.2, 0.25) is 0 Å². The number of rotatable bonds is 14.